The molecule has 1 aliphatic rings. The fraction of sp³-hybridized carbons (Fsp3) is 0.600. The molecule has 1 unspecified atom stereocenters. The lowest BCUT2D eigenvalue weighted by molar-refractivity contribution is -0.137. The van der Waals surface area contributed by atoms with Crippen LogP contribution in [-0.2, 0) is 12.6 Å². The molecule has 0 amide bonds. The van der Waals surface area contributed by atoms with Crippen LogP contribution >= 0.6 is 15.9 Å². The summed E-state index contributed by atoms with van der Waals surface area (Å²) in [5.74, 6) is 0.791. The topological polar surface area (TPSA) is 0 Å². The van der Waals surface area contributed by atoms with Crippen molar-refractivity contribution in [2.45, 2.75) is 49.5 Å². The first-order chi connectivity index (χ1) is 8.95. The van der Waals surface area contributed by atoms with Crippen molar-refractivity contribution in [1.82, 2.24) is 0 Å². The van der Waals surface area contributed by atoms with E-state index in [2.05, 4.69) is 15.9 Å². The highest BCUT2D eigenvalue weighted by molar-refractivity contribution is 9.09. The molecule has 0 aromatic heterocycles. The summed E-state index contributed by atoms with van der Waals surface area (Å²) in [7, 11) is 0. The summed E-state index contributed by atoms with van der Waals surface area (Å²) < 4.78 is 37.3. The molecular weight excluding hydrogens is 317 g/mol. The summed E-state index contributed by atoms with van der Waals surface area (Å²) in [5.41, 5.74) is 0.394. The first kappa shape index (κ1) is 14.9. The first-order valence-electron chi connectivity index (χ1n) is 6.75. The maximum Gasteiger partial charge on any atom is 0.416 e. The van der Waals surface area contributed by atoms with Crippen LogP contribution in [0.1, 0.15) is 43.2 Å². The standard InChI is InChI=1S/C15H18BrF3/c16-14(9-11-3-1-2-4-11)10-12-5-7-13(8-6-12)15(17,18)19/h5-8,11,14H,1-4,9-10H2. The zero-order valence-corrected chi connectivity index (χ0v) is 12.3. The quantitative estimate of drug-likeness (QED) is 0.629. The van der Waals surface area contributed by atoms with Gasteiger partial charge in [0.25, 0.3) is 0 Å². The molecule has 1 aromatic carbocycles. The predicted octanol–water partition coefficient (Wildman–Crippen LogP) is 5.59. The largest absolute Gasteiger partial charge is 0.416 e. The predicted molar refractivity (Wildman–Crippen MR) is 74.4 cm³/mol. The molecule has 1 atom stereocenters. The van der Waals surface area contributed by atoms with E-state index in [0.717, 1.165) is 24.3 Å². The fourth-order valence-corrected chi connectivity index (χ4v) is 3.68. The average Bonchev–Trinajstić information content (AvgIpc) is 2.81. The van der Waals surface area contributed by atoms with Crippen molar-refractivity contribution < 1.29 is 13.2 Å². The first-order valence-corrected chi connectivity index (χ1v) is 7.67. The molecule has 1 aliphatic carbocycles. The molecule has 1 fully saturated rings. The van der Waals surface area contributed by atoms with E-state index in [1.54, 1.807) is 12.1 Å². The highest BCUT2D eigenvalue weighted by Crippen LogP contribution is 2.32. The second-order valence-corrected chi connectivity index (χ2v) is 6.68. The Hall–Kier alpha value is -0.510. The van der Waals surface area contributed by atoms with E-state index in [4.69, 9.17) is 0 Å². The van der Waals surface area contributed by atoms with E-state index in [-0.39, 0.29) is 0 Å². The molecule has 4 heteroatoms. The number of halogens is 4. The van der Waals surface area contributed by atoms with Crippen molar-refractivity contribution in [2.24, 2.45) is 5.92 Å². The second-order valence-electron chi connectivity index (χ2n) is 5.38. The maximum absolute atomic E-state index is 12.4. The molecular formula is C15H18BrF3. The van der Waals surface area contributed by atoms with Crippen LogP contribution in [0, 0.1) is 5.92 Å². The zero-order valence-electron chi connectivity index (χ0n) is 10.7. The number of hydrogen-bond donors (Lipinski definition) is 0. The fourth-order valence-electron chi connectivity index (χ4n) is 2.78. The lowest BCUT2D eigenvalue weighted by Crippen LogP contribution is -2.09. The Morgan fingerprint density at radius 1 is 1.11 bits per heavy atom. The van der Waals surface area contributed by atoms with Gasteiger partial charge in [-0.1, -0.05) is 53.7 Å². The molecule has 0 heterocycles. The van der Waals surface area contributed by atoms with Gasteiger partial charge in [-0.2, -0.15) is 13.2 Å². The molecule has 0 nitrogen and oxygen atoms in total. The molecule has 1 saturated carbocycles. The lowest BCUT2D eigenvalue weighted by Gasteiger charge is -2.15. The molecule has 106 valence electrons. The molecule has 2 rings (SSSR count). The van der Waals surface area contributed by atoms with Gasteiger partial charge >= 0.3 is 6.18 Å². The maximum atomic E-state index is 12.4. The smallest absolute Gasteiger partial charge is 0.166 e. The van der Waals surface area contributed by atoms with Gasteiger partial charge in [-0.25, -0.2) is 0 Å². The van der Waals surface area contributed by atoms with Crippen LogP contribution in [0.3, 0.4) is 0 Å². The van der Waals surface area contributed by atoms with Gasteiger partial charge in [-0.3, -0.25) is 0 Å². The third-order valence-corrected chi connectivity index (χ3v) is 4.50. The van der Waals surface area contributed by atoms with Crippen molar-refractivity contribution in [1.29, 1.82) is 0 Å². The van der Waals surface area contributed by atoms with Crippen molar-refractivity contribution >= 4 is 15.9 Å². The normalized spacial score (nSPS) is 18.7. The average molecular weight is 335 g/mol. The van der Waals surface area contributed by atoms with Crippen LogP contribution in [0.2, 0.25) is 0 Å². The number of alkyl halides is 4. The van der Waals surface area contributed by atoms with Crippen molar-refractivity contribution in [3.05, 3.63) is 35.4 Å². The van der Waals surface area contributed by atoms with Crippen molar-refractivity contribution in [2.75, 3.05) is 0 Å². The van der Waals surface area contributed by atoms with Crippen molar-refractivity contribution in [3.63, 3.8) is 0 Å². The monoisotopic (exact) mass is 334 g/mol. The van der Waals surface area contributed by atoms with Gasteiger partial charge < -0.3 is 0 Å². The molecule has 0 saturated heterocycles. The van der Waals surface area contributed by atoms with Crippen molar-refractivity contribution in [3.8, 4) is 0 Å². The Labute approximate surface area is 120 Å². The SMILES string of the molecule is FC(F)(F)c1ccc(CC(Br)CC2CCCC2)cc1. The van der Waals surface area contributed by atoms with Gasteiger partial charge in [0.15, 0.2) is 0 Å². The summed E-state index contributed by atoms with van der Waals surface area (Å²) in [6, 6.07) is 5.52. The van der Waals surface area contributed by atoms with Gasteiger partial charge in [0.2, 0.25) is 0 Å². The minimum absolute atomic E-state index is 0.368. The van der Waals surface area contributed by atoms with Crippen LogP contribution in [-0.4, -0.2) is 4.83 Å². The second kappa shape index (κ2) is 6.29. The van der Waals surface area contributed by atoms with Gasteiger partial charge in [0.05, 0.1) is 5.56 Å². The van der Waals surface area contributed by atoms with Crippen LogP contribution in [0.5, 0.6) is 0 Å². The minimum Gasteiger partial charge on any atom is -0.166 e. The summed E-state index contributed by atoms with van der Waals surface area (Å²) in [5, 5.41) is 0. The third-order valence-electron chi connectivity index (χ3n) is 3.80. The summed E-state index contributed by atoms with van der Waals surface area (Å²) in [6.07, 6.45) is 2.94. The number of benzene rings is 1. The van der Waals surface area contributed by atoms with E-state index in [1.807, 2.05) is 0 Å². The van der Waals surface area contributed by atoms with E-state index in [0.29, 0.717) is 4.83 Å². The minimum atomic E-state index is -4.24. The van der Waals surface area contributed by atoms with E-state index < -0.39 is 11.7 Å². The highest BCUT2D eigenvalue weighted by atomic mass is 79.9. The Balaban J connectivity index is 1.88. The summed E-state index contributed by atoms with van der Waals surface area (Å²) in [4.78, 5) is 0.368. The summed E-state index contributed by atoms with van der Waals surface area (Å²) >= 11 is 3.66. The van der Waals surface area contributed by atoms with E-state index in [1.165, 1.54) is 37.8 Å². The van der Waals surface area contributed by atoms with Gasteiger partial charge in [-0.05, 0) is 36.5 Å². The number of rotatable bonds is 4. The lowest BCUT2D eigenvalue weighted by atomic mass is 9.98. The highest BCUT2D eigenvalue weighted by Gasteiger charge is 2.30. The molecule has 19 heavy (non-hydrogen) atoms. The Bertz CT molecular complexity index is 391. The Kier molecular flexibility index (Phi) is 4.93. The van der Waals surface area contributed by atoms with Crippen LogP contribution in [0.15, 0.2) is 24.3 Å². The van der Waals surface area contributed by atoms with Gasteiger partial charge in [0.1, 0.15) is 0 Å². The summed E-state index contributed by atoms with van der Waals surface area (Å²) in [6.45, 7) is 0. The van der Waals surface area contributed by atoms with E-state index in [9.17, 15) is 13.2 Å². The third kappa shape index (κ3) is 4.51. The molecule has 0 radical (unpaired) electrons. The van der Waals surface area contributed by atoms with Crippen LogP contribution in [0.25, 0.3) is 0 Å². The van der Waals surface area contributed by atoms with Crippen LogP contribution < -0.4 is 0 Å². The molecule has 0 N–H and O–H groups in total. The van der Waals surface area contributed by atoms with Gasteiger partial charge in [0, 0.05) is 4.83 Å². The zero-order chi connectivity index (χ0) is 13.9. The molecule has 0 spiro atoms. The molecule has 0 bridgehead atoms. The van der Waals surface area contributed by atoms with Gasteiger partial charge in [-0.15, -0.1) is 0 Å². The Morgan fingerprint density at radius 2 is 1.68 bits per heavy atom. The van der Waals surface area contributed by atoms with E-state index >= 15 is 0 Å². The molecule has 0 aliphatic heterocycles. The molecule has 1 aromatic rings. The van der Waals surface area contributed by atoms with Crippen LogP contribution in [0.4, 0.5) is 13.2 Å². The number of hydrogen-bond acceptors (Lipinski definition) is 0. The Morgan fingerprint density at radius 3 is 2.21 bits per heavy atom.